The fourth-order valence-corrected chi connectivity index (χ4v) is 2.16. The van der Waals surface area contributed by atoms with Crippen LogP contribution in [0.4, 0.5) is 0 Å². The minimum Gasteiger partial charge on any atom is -0.467 e. The maximum Gasteiger partial charge on any atom is 0.331 e. The molecule has 0 N–H and O–H groups in total. The molecule has 0 aromatic heterocycles. The number of carbonyl (C=O) groups is 1. The van der Waals surface area contributed by atoms with Gasteiger partial charge in [-0.2, -0.15) is 0 Å². The van der Waals surface area contributed by atoms with Gasteiger partial charge in [0.05, 0.1) is 86.4 Å². The molecule has 30 heavy (non-hydrogen) atoms. The minimum atomic E-state index is -0.397. The summed E-state index contributed by atoms with van der Waals surface area (Å²) in [6.07, 6.45) is 4.90. The van der Waals surface area contributed by atoms with Gasteiger partial charge in [0.15, 0.2) is 0 Å². The summed E-state index contributed by atoms with van der Waals surface area (Å²) >= 11 is 0. The maximum absolute atomic E-state index is 10.8. The van der Waals surface area contributed by atoms with Crippen molar-refractivity contribution in [2.75, 3.05) is 99.6 Å². The average molecular weight is 439 g/mol. The van der Waals surface area contributed by atoms with Crippen molar-refractivity contribution >= 4 is 5.97 Å². The lowest BCUT2D eigenvalue weighted by Gasteiger charge is -2.08. The quantitative estimate of drug-likeness (QED) is 0.156. The Morgan fingerprint density at radius 1 is 0.500 bits per heavy atom. The Bertz CT molecular complexity index is 342. The van der Waals surface area contributed by atoms with E-state index in [1.807, 2.05) is 0 Å². The Morgan fingerprint density at radius 2 is 0.867 bits per heavy atom. The third-order valence-electron chi connectivity index (χ3n) is 3.82. The van der Waals surface area contributed by atoms with E-state index in [1.165, 1.54) is 26.4 Å². The van der Waals surface area contributed by atoms with Crippen LogP contribution in [0, 0.1) is 0 Å². The molecule has 0 aliphatic carbocycles. The lowest BCUT2D eigenvalue weighted by atomic mass is 10.2. The summed E-state index contributed by atoms with van der Waals surface area (Å²) < 4.78 is 41.9. The molecule has 0 rings (SSSR count). The number of hydrogen-bond donors (Lipinski definition) is 0. The van der Waals surface area contributed by atoms with Gasteiger partial charge < -0.3 is 37.9 Å². The zero-order chi connectivity index (χ0) is 22.0. The molecule has 0 atom stereocenters. The molecule has 180 valence electrons. The highest BCUT2D eigenvalue weighted by atomic mass is 16.6. The van der Waals surface area contributed by atoms with Gasteiger partial charge in [-0.25, -0.2) is 4.79 Å². The first-order chi connectivity index (χ1) is 14.8. The second-order valence-electron chi connectivity index (χ2n) is 6.36. The summed E-state index contributed by atoms with van der Waals surface area (Å²) in [5, 5.41) is 0. The largest absolute Gasteiger partial charge is 0.467 e. The monoisotopic (exact) mass is 438 g/mol. The lowest BCUT2D eigenvalue weighted by molar-refractivity contribution is -0.146. The molecule has 0 spiro atoms. The second kappa shape index (κ2) is 26.2. The van der Waals surface area contributed by atoms with Crippen LogP contribution in [-0.4, -0.2) is 106 Å². The van der Waals surface area contributed by atoms with Gasteiger partial charge >= 0.3 is 5.97 Å². The van der Waals surface area contributed by atoms with Crippen molar-refractivity contribution in [3.63, 3.8) is 0 Å². The Hall–Kier alpha value is -0.810. The number of rotatable bonds is 25. The second-order valence-corrected chi connectivity index (χ2v) is 6.36. The van der Waals surface area contributed by atoms with E-state index in [9.17, 15) is 4.79 Å². The zero-order valence-electron chi connectivity index (χ0n) is 18.9. The number of carbonyl (C=O) groups excluding carboxylic acids is 1. The van der Waals surface area contributed by atoms with E-state index in [2.05, 4.69) is 11.7 Å². The molecular weight excluding hydrogens is 396 g/mol. The van der Waals surface area contributed by atoms with Crippen LogP contribution in [0.3, 0.4) is 0 Å². The Kier molecular flexibility index (Phi) is 25.5. The van der Waals surface area contributed by atoms with Crippen molar-refractivity contribution in [1.82, 2.24) is 0 Å². The summed E-state index contributed by atoms with van der Waals surface area (Å²) in [6.45, 7) is 9.11. The van der Waals surface area contributed by atoms with Crippen LogP contribution in [0.1, 0.15) is 32.6 Å². The molecule has 0 radical (unpaired) electrons. The molecule has 0 unspecified atom stereocenters. The van der Waals surface area contributed by atoms with Crippen molar-refractivity contribution in [2.45, 2.75) is 32.6 Å². The van der Waals surface area contributed by atoms with Crippen LogP contribution in [0.15, 0.2) is 0 Å². The Balaban J connectivity index is 3.01. The SMILES string of the molecule is CCCCCCOCCOCCOCCOCCOCCOCCOCC(=O)OC. The zero-order valence-corrected chi connectivity index (χ0v) is 18.9. The summed E-state index contributed by atoms with van der Waals surface area (Å²) in [6, 6.07) is 0. The van der Waals surface area contributed by atoms with Gasteiger partial charge in [0.1, 0.15) is 6.61 Å². The molecule has 9 heteroatoms. The van der Waals surface area contributed by atoms with Gasteiger partial charge in [0.25, 0.3) is 0 Å². The number of esters is 1. The fourth-order valence-electron chi connectivity index (χ4n) is 2.16. The third kappa shape index (κ3) is 25.2. The first-order valence-electron chi connectivity index (χ1n) is 10.9. The van der Waals surface area contributed by atoms with Crippen molar-refractivity contribution in [1.29, 1.82) is 0 Å². The summed E-state index contributed by atoms with van der Waals surface area (Å²) in [5.74, 6) is -0.397. The number of methoxy groups -OCH3 is 1. The average Bonchev–Trinajstić information content (AvgIpc) is 2.76. The molecule has 0 aromatic carbocycles. The van der Waals surface area contributed by atoms with E-state index in [0.29, 0.717) is 79.3 Å². The molecule has 0 saturated heterocycles. The molecule has 0 amide bonds. The Labute approximate surface area is 181 Å². The highest BCUT2D eigenvalue weighted by Crippen LogP contribution is 1.98. The van der Waals surface area contributed by atoms with Gasteiger partial charge in [-0.15, -0.1) is 0 Å². The summed E-state index contributed by atoms with van der Waals surface area (Å²) in [5.41, 5.74) is 0. The Morgan fingerprint density at radius 3 is 1.23 bits per heavy atom. The van der Waals surface area contributed by atoms with Gasteiger partial charge in [-0.3, -0.25) is 0 Å². The van der Waals surface area contributed by atoms with E-state index >= 15 is 0 Å². The van der Waals surface area contributed by atoms with Crippen molar-refractivity contribution in [2.24, 2.45) is 0 Å². The molecule has 0 saturated carbocycles. The van der Waals surface area contributed by atoms with Crippen LogP contribution in [-0.2, 0) is 42.7 Å². The molecule has 0 aliphatic rings. The predicted octanol–water partition coefficient (Wildman–Crippen LogP) is 1.86. The van der Waals surface area contributed by atoms with Crippen LogP contribution >= 0.6 is 0 Å². The van der Waals surface area contributed by atoms with Gasteiger partial charge in [-0.05, 0) is 6.42 Å². The van der Waals surface area contributed by atoms with Crippen LogP contribution in [0.25, 0.3) is 0 Å². The van der Waals surface area contributed by atoms with E-state index in [1.54, 1.807) is 0 Å². The van der Waals surface area contributed by atoms with Crippen LogP contribution in [0.5, 0.6) is 0 Å². The van der Waals surface area contributed by atoms with E-state index < -0.39 is 5.97 Å². The van der Waals surface area contributed by atoms with Crippen LogP contribution < -0.4 is 0 Å². The molecule has 0 aromatic rings. The fraction of sp³-hybridized carbons (Fsp3) is 0.952. The van der Waals surface area contributed by atoms with E-state index in [-0.39, 0.29) is 6.61 Å². The molecule has 0 aliphatic heterocycles. The summed E-state index contributed by atoms with van der Waals surface area (Å²) in [4.78, 5) is 10.8. The molecular formula is C21H42O9. The van der Waals surface area contributed by atoms with Crippen molar-refractivity contribution in [3.8, 4) is 0 Å². The maximum atomic E-state index is 10.8. The highest BCUT2D eigenvalue weighted by molar-refractivity contribution is 5.70. The van der Waals surface area contributed by atoms with Gasteiger partial charge in [-0.1, -0.05) is 26.2 Å². The number of ether oxygens (including phenoxy) is 8. The van der Waals surface area contributed by atoms with E-state index in [0.717, 1.165) is 13.0 Å². The molecule has 0 bridgehead atoms. The standard InChI is InChI=1S/C21H42O9/c1-3-4-5-6-7-24-8-9-25-10-11-26-12-13-27-14-15-28-16-17-29-18-19-30-20-21(22)23-2/h3-20H2,1-2H3. The third-order valence-corrected chi connectivity index (χ3v) is 3.82. The number of unbranched alkanes of at least 4 members (excludes halogenated alkanes) is 3. The normalized spacial score (nSPS) is 11.1. The topological polar surface area (TPSA) is 90.9 Å². The van der Waals surface area contributed by atoms with Crippen molar-refractivity contribution in [3.05, 3.63) is 0 Å². The highest BCUT2D eigenvalue weighted by Gasteiger charge is 1.99. The minimum absolute atomic E-state index is 0.0569. The summed E-state index contributed by atoms with van der Waals surface area (Å²) in [7, 11) is 1.32. The van der Waals surface area contributed by atoms with Crippen LogP contribution in [0.2, 0.25) is 0 Å². The molecule has 0 heterocycles. The first kappa shape index (κ1) is 29.2. The lowest BCUT2D eigenvalue weighted by Crippen LogP contribution is -2.15. The smallest absolute Gasteiger partial charge is 0.331 e. The molecule has 0 fully saturated rings. The van der Waals surface area contributed by atoms with Gasteiger partial charge in [0.2, 0.25) is 0 Å². The molecule has 9 nitrogen and oxygen atoms in total. The predicted molar refractivity (Wildman–Crippen MR) is 112 cm³/mol. The first-order valence-corrected chi connectivity index (χ1v) is 10.9. The van der Waals surface area contributed by atoms with Gasteiger partial charge in [0, 0.05) is 6.61 Å². The van der Waals surface area contributed by atoms with Crippen molar-refractivity contribution < 1.29 is 42.7 Å². The number of hydrogen-bond acceptors (Lipinski definition) is 9. The van der Waals surface area contributed by atoms with E-state index in [4.69, 9.17) is 33.2 Å².